The number of benzene rings is 1. The van der Waals surface area contributed by atoms with Crippen LogP contribution < -0.4 is 5.32 Å². The van der Waals surface area contributed by atoms with Crippen molar-refractivity contribution in [3.63, 3.8) is 0 Å². The van der Waals surface area contributed by atoms with Gasteiger partial charge in [0, 0.05) is 39.0 Å². The van der Waals surface area contributed by atoms with Gasteiger partial charge in [-0.15, -0.1) is 0 Å². The van der Waals surface area contributed by atoms with E-state index in [-0.39, 0.29) is 11.7 Å². The number of nitrogens with zero attached hydrogens (tertiary/aromatic N) is 2. The average molecular weight is 303 g/mol. The maximum atomic E-state index is 13.7. The van der Waals surface area contributed by atoms with Gasteiger partial charge in [-0.3, -0.25) is 4.79 Å². The number of aromatic nitrogens is 1. The van der Waals surface area contributed by atoms with Crippen molar-refractivity contribution in [2.75, 3.05) is 26.2 Å². The molecule has 0 bridgehead atoms. The molecule has 0 atom stereocenters. The van der Waals surface area contributed by atoms with Crippen LogP contribution >= 0.6 is 0 Å². The van der Waals surface area contributed by atoms with Gasteiger partial charge >= 0.3 is 0 Å². The van der Waals surface area contributed by atoms with Crippen LogP contribution in [0.25, 0.3) is 11.3 Å². The molecule has 0 spiro atoms. The summed E-state index contributed by atoms with van der Waals surface area (Å²) in [5.74, 6) is 0.610. The summed E-state index contributed by atoms with van der Waals surface area (Å²) < 4.78 is 19.2. The molecule has 6 heteroatoms. The molecule has 1 fully saturated rings. The molecule has 1 saturated heterocycles. The third kappa shape index (κ3) is 3.33. The third-order valence-corrected chi connectivity index (χ3v) is 3.72. The number of nitrogens with one attached hydrogen (secondary N) is 1. The topological polar surface area (TPSA) is 58.4 Å². The predicted molar refractivity (Wildman–Crippen MR) is 79.7 cm³/mol. The quantitative estimate of drug-likeness (QED) is 0.936. The zero-order valence-corrected chi connectivity index (χ0v) is 12.2. The van der Waals surface area contributed by atoms with Crippen molar-refractivity contribution in [2.45, 2.75) is 12.8 Å². The summed E-state index contributed by atoms with van der Waals surface area (Å²) in [6.45, 7) is 3.15. The lowest BCUT2D eigenvalue weighted by atomic mass is 10.2. The highest BCUT2D eigenvalue weighted by molar-refractivity contribution is 5.76. The Hall–Kier alpha value is -2.21. The van der Waals surface area contributed by atoms with Crippen LogP contribution in [0, 0.1) is 5.82 Å². The number of oxazole rings is 1. The minimum Gasteiger partial charge on any atom is -0.441 e. The molecule has 116 valence electrons. The molecule has 0 unspecified atom stereocenters. The first kappa shape index (κ1) is 14.7. The normalized spacial score (nSPS) is 15.0. The molecule has 3 rings (SSSR count). The van der Waals surface area contributed by atoms with Gasteiger partial charge in [0.1, 0.15) is 5.82 Å². The molecule has 1 amide bonds. The van der Waals surface area contributed by atoms with Crippen LogP contribution in [-0.4, -0.2) is 42.0 Å². The van der Waals surface area contributed by atoms with E-state index in [4.69, 9.17) is 4.42 Å². The van der Waals surface area contributed by atoms with Crippen LogP contribution in [-0.2, 0) is 11.2 Å². The Morgan fingerprint density at radius 3 is 2.86 bits per heavy atom. The lowest BCUT2D eigenvalue weighted by Gasteiger charge is -2.27. The van der Waals surface area contributed by atoms with E-state index in [0.717, 1.165) is 26.2 Å². The number of hydrogen-bond donors (Lipinski definition) is 1. The second kappa shape index (κ2) is 6.70. The average Bonchev–Trinajstić information content (AvgIpc) is 3.02. The first-order valence-electron chi connectivity index (χ1n) is 7.42. The summed E-state index contributed by atoms with van der Waals surface area (Å²) in [7, 11) is 0. The Labute approximate surface area is 128 Å². The number of halogens is 1. The molecule has 0 radical (unpaired) electrons. The zero-order valence-electron chi connectivity index (χ0n) is 12.2. The van der Waals surface area contributed by atoms with Crippen LogP contribution in [0.15, 0.2) is 34.9 Å². The van der Waals surface area contributed by atoms with Crippen LogP contribution in [0.3, 0.4) is 0 Å². The SMILES string of the molecule is O=C(CCc1ncc(-c2ccccc2F)o1)N1CCNCC1. The minimum atomic E-state index is -0.345. The van der Waals surface area contributed by atoms with E-state index in [1.807, 2.05) is 4.90 Å². The maximum absolute atomic E-state index is 13.7. The fraction of sp³-hybridized carbons (Fsp3) is 0.375. The molecule has 5 nitrogen and oxygen atoms in total. The Morgan fingerprint density at radius 2 is 2.09 bits per heavy atom. The summed E-state index contributed by atoms with van der Waals surface area (Å²) in [4.78, 5) is 18.0. The molecule has 1 aliphatic rings. The molecule has 0 saturated carbocycles. The van der Waals surface area contributed by atoms with Gasteiger partial charge in [-0.25, -0.2) is 9.37 Å². The Balaban J connectivity index is 1.60. The van der Waals surface area contributed by atoms with Crippen molar-refractivity contribution >= 4 is 5.91 Å². The first-order valence-corrected chi connectivity index (χ1v) is 7.42. The summed E-state index contributed by atoms with van der Waals surface area (Å²) in [5.41, 5.74) is 0.384. The molecule has 22 heavy (non-hydrogen) atoms. The summed E-state index contributed by atoms with van der Waals surface area (Å²) >= 11 is 0. The van der Waals surface area contributed by atoms with Gasteiger partial charge in [0.05, 0.1) is 11.8 Å². The van der Waals surface area contributed by atoms with Gasteiger partial charge in [-0.1, -0.05) is 12.1 Å². The van der Waals surface area contributed by atoms with E-state index in [9.17, 15) is 9.18 Å². The molecule has 2 aromatic rings. The van der Waals surface area contributed by atoms with E-state index >= 15 is 0 Å². The first-order chi connectivity index (χ1) is 10.7. The van der Waals surface area contributed by atoms with Crippen LogP contribution in [0.1, 0.15) is 12.3 Å². The van der Waals surface area contributed by atoms with Crippen LogP contribution in [0.5, 0.6) is 0 Å². The molecule has 1 aliphatic heterocycles. The lowest BCUT2D eigenvalue weighted by Crippen LogP contribution is -2.46. The summed E-state index contributed by atoms with van der Waals surface area (Å²) in [6, 6.07) is 6.40. The van der Waals surface area contributed by atoms with Crippen molar-refractivity contribution in [3.8, 4) is 11.3 Å². The zero-order chi connectivity index (χ0) is 15.4. The molecular weight excluding hydrogens is 285 g/mol. The third-order valence-electron chi connectivity index (χ3n) is 3.72. The predicted octanol–water partition coefficient (Wildman–Crippen LogP) is 1.85. The van der Waals surface area contributed by atoms with Gasteiger partial charge in [-0.05, 0) is 12.1 Å². The number of carbonyl (C=O) groups is 1. The van der Waals surface area contributed by atoms with E-state index < -0.39 is 0 Å². The van der Waals surface area contributed by atoms with Gasteiger partial charge in [-0.2, -0.15) is 0 Å². The monoisotopic (exact) mass is 303 g/mol. The van der Waals surface area contributed by atoms with Gasteiger partial charge < -0.3 is 14.6 Å². The Bertz CT molecular complexity index is 650. The highest BCUT2D eigenvalue weighted by Crippen LogP contribution is 2.23. The highest BCUT2D eigenvalue weighted by atomic mass is 19.1. The molecule has 1 aromatic heterocycles. The van der Waals surface area contributed by atoms with Gasteiger partial charge in [0.25, 0.3) is 0 Å². The number of amides is 1. The number of carbonyl (C=O) groups excluding carboxylic acids is 1. The molecule has 1 aromatic carbocycles. The lowest BCUT2D eigenvalue weighted by molar-refractivity contribution is -0.131. The van der Waals surface area contributed by atoms with E-state index in [1.165, 1.54) is 12.3 Å². The maximum Gasteiger partial charge on any atom is 0.223 e. The van der Waals surface area contributed by atoms with Crippen LogP contribution in [0.4, 0.5) is 4.39 Å². The second-order valence-corrected chi connectivity index (χ2v) is 5.23. The number of rotatable bonds is 4. The highest BCUT2D eigenvalue weighted by Gasteiger charge is 2.17. The Morgan fingerprint density at radius 1 is 1.32 bits per heavy atom. The molecule has 1 N–H and O–H groups in total. The second-order valence-electron chi connectivity index (χ2n) is 5.23. The van der Waals surface area contributed by atoms with E-state index in [1.54, 1.807) is 18.2 Å². The fourth-order valence-electron chi connectivity index (χ4n) is 2.50. The summed E-state index contributed by atoms with van der Waals surface area (Å²) in [5, 5.41) is 3.21. The van der Waals surface area contributed by atoms with Crippen molar-refractivity contribution in [2.24, 2.45) is 0 Å². The largest absolute Gasteiger partial charge is 0.441 e. The van der Waals surface area contributed by atoms with E-state index in [0.29, 0.717) is 30.1 Å². The van der Waals surface area contributed by atoms with Crippen LogP contribution in [0.2, 0.25) is 0 Å². The number of aryl methyl sites for hydroxylation is 1. The number of hydrogen-bond acceptors (Lipinski definition) is 4. The fourth-order valence-corrected chi connectivity index (χ4v) is 2.50. The van der Waals surface area contributed by atoms with Crippen molar-refractivity contribution in [3.05, 3.63) is 42.2 Å². The standard InChI is InChI=1S/C16H18FN3O2/c17-13-4-2-1-3-12(13)14-11-19-15(22-14)5-6-16(21)20-9-7-18-8-10-20/h1-4,11,18H,5-10H2. The van der Waals surface area contributed by atoms with Gasteiger partial charge in [0.2, 0.25) is 5.91 Å². The van der Waals surface area contributed by atoms with Crippen molar-refractivity contribution in [1.82, 2.24) is 15.2 Å². The van der Waals surface area contributed by atoms with Crippen molar-refractivity contribution < 1.29 is 13.6 Å². The summed E-state index contributed by atoms with van der Waals surface area (Å²) in [6.07, 6.45) is 2.29. The van der Waals surface area contributed by atoms with Crippen molar-refractivity contribution in [1.29, 1.82) is 0 Å². The number of piperazine rings is 1. The van der Waals surface area contributed by atoms with Gasteiger partial charge in [0.15, 0.2) is 11.7 Å². The molecule has 2 heterocycles. The molecular formula is C16H18FN3O2. The molecule has 0 aliphatic carbocycles. The Kier molecular flexibility index (Phi) is 4.48. The minimum absolute atomic E-state index is 0.104. The smallest absolute Gasteiger partial charge is 0.223 e. The van der Waals surface area contributed by atoms with E-state index in [2.05, 4.69) is 10.3 Å².